The van der Waals surface area contributed by atoms with Crippen LogP contribution in [0.25, 0.3) is 0 Å². The van der Waals surface area contributed by atoms with Crippen LogP contribution in [0.5, 0.6) is 0 Å². The van der Waals surface area contributed by atoms with E-state index in [2.05, 4.69) is 0 Å². The Bertz CT molecular complexity index is 134. The molecule has 0 bridgehead atoms. The maximum Gasteiger partial charge on any atom is 0.189 e. The standard InChI is InChI=1S/C8H15FO3/c1-2-12-7(10)8(9)3-5-11-6-4-8/h7,10H,2-6H2,1H3. The largest absolute Gasteiger partial charge is 0.381 e. The lowest BCUT2D eigenvalue weighted by Gasteiger charge is -2.32. The second-order valence-corrected chi connectivity index (χ2v) is 2.95. The Morgan fingerprint density at radius 2 is 2.17 bits per heavy atom. The van der Waals surface area contributed by atoms with E-state index >= 15 is 0 Å². The van der Waals surface area contributed by atoms with Gasteiger partial charge in [0.15, 0.2) is 12.0 Å². The minimum absolute atomic E-state index is 0.216. The first kappa shape index (κ1) is 9.89. The molecular formula is C8H15FO3. The molecule has 1 aliphatic heterocycles. The predicted molar refractivity (Wildman–Crippen MR) is 41.5 cm³/mol. The third kappa shape index (κ3) is 2.15. The van der Waals surface area contributed by atoms with Crippen molar-refractivity contribution in [3.8, 4) is 0 Å². The van der Waals surface area contributed by atoms with Crippen molar-refractivity contribution in [1.82, 2.24) is 0 Å². The van der Waals surface area contributed by atoms with Gasteiger partial charge in [0, 0.05) is 32.7 Å². The van der Waals surface area contributed by atoms with Crippen molar-refractivity contribution in [2.75, 3.05) is 19.8 Å². The van der Waals surface area contributed by atoms with Crippen molar-refractivity contribution in [3.63, 3.8) is 0 Å². The van der Waals surface area contributed by atoms with Gasteiger partial charge in [0.05, 0.1) is 0 Å². The van der Waals surface area contributed by atoms with E-state index in [4.69, 9.17) is 9.47 Å². The lowest BCUT2D eigenvalue weighted by Crippen LogP contribution is -2.44. The van der Waals surface area contributed by atoms with Crippen molar-refractivity contribution in [3.05, 3.63) is 0 Å². The third-order valence-electron chi connectivity index (χ3n) is 2.09. The number of alkyl halides is 1. The van der Waals surface area contributed by atoms with E-state index < -0.39 is 12.0 Å². The summed E-state index contributed by atoms with van der Waals surface area (Å²) < 4.78 is 23.5. The topological polar surface area (TPSA) is 38.7 Å². The molecule has 0 aromatic carbocycles. The zero-order chi connectivity index (χ0) is 9.03. The molecule has 1 fully saturated rings. The smallest absolute Gasteiger partial charge is 0.189 e. The van der Waals surface area contributed by atoms with Gasteiger partial charge in [-0.05, 0) is 6.92 Å². The molecule has 72 valence electrons. The monoisotopic (exact) mass is 178 g/mol. The Balaban J connectivity index is 2.44. The Kier molecular flexibility index (Phi) is 3.43. The normalized spacial score (nSPS) is 25.2. The summed E-state index contributed by atoms with van der Waals surface area (Å²) in [5.41, 5.74) is -1.60. The molecule has 1 atom stereocenters. The van der Waals surface area contributed by atoms with Crippen LogP contribution in [0.2, 0.25) is 0 Å². The quantitative estimate of drug-likeness (QED) is 0.651. The van der Waals surface area contributed by atoms with Crippen molar-refractivity contribution in [1.29, 1.82) is 0 Å². The molecule has 1 unspecified atom stereocenters. The highest BCUT2D eigenvalue weighted by molar-refractivity contribution is 4.84. The number of ether oxygens (including phenoxy) is 2. The highest BCUT2D eigenvalue weighted by atomic mass is 19.1. The predicted octanol–water partition coefficient (Wildman–Crippen LogP) is 0.860. The summed E-state index contributed by atoms with van der Waals surface area (Å²) in [5, 5.41) is 9.28. The molecule has 0 aromatic rings. The number of aliphatic hydroxyl groups excluding tert-OH is 1. The molecule has 0 aromatic heterocycles. The summed E-state index contributed by atoms with van der Waals surface area (Å²) in [7, 11) is 0. The molecule has 0 amide bonds. The minimum atomic E-state index is -1.60. The fraction of sp³-hybridized carbons (Fsp3) is 1.00. The van der Waals surface area contributed by atoms with Gasteiger partial charge in [0.2, 0.25) is 0 Å². The average molecular weight is 178 g/mol. The molecule has 0 spiro atoms. The molecule has 1 aliphatic rings. The molecule has 1 N–H and O–H groups in total. The Hall–Kier alpha value is -0.190. The zero-order valence-electron chi connectivity index (χ0n) is 7.25. The van der Waals surface area contributed by atoms with Gasteiger partial charge in [-0.25, -0.2) is 4.39 Å². The zero-order valence-corrected chi connectivity index (χ0v) is 7.25. The molecule has 0 radical (unpaired) electrons. The van der Waals surface area contributed by atoms with Gasteiger partial charge in [-0.2, -0.15) is 0 Å². The van der Waals surface area contributed by atoms with Crippen LogP contribution in [0.4, 0.5) is 4.39 Å². The number of rotatable bonds is 3. The second-order valence-electron chi connectivity index (χ2n) is 2.95. The summed E-state index contributed by atoms with van der Waals surface area (Å²) in [6.07, 6.45) is -0.867. The number of hydrogen-bond acceptors (Lipinski definition) is 3. The SMILES string of the molecule is CCOC(O)C1(F)CCOCC1. The first-order chi connectivity index (χ1) is 5.69. The summed E-state index contributed by atoms with van der Waals surface area (Å²) in [5.74, 6) is 0. The fourth-order valence-corrected chi connectivity index (χ4v) is 1.26. The van der Waals surface area contributed by atoms with Crippen LogP contribution < -0.4 is 0 Å². The lowest BCUT2D eigenvalue weighted by molar-refractivity contribution is -0.203. The van der Waals surface area contributed by atoms with Gasteiger partial charge < -0.3 is 14.6 Å². The number of hydrogen-bond donors (Lipinski definition) is 1. The lowest BCUT2D eigenvalue weighted by atomic mass is 9.96. The van der Waals surface area contributed by atoms with Crippen molar-refractivity contribution < 1.29 is 19.0 Å². The average Bonchev–Trinajstić information content (AvgIpc) is 2.06. The summed E-state index contributed by atoms with van der Waals surface area (Å²) in [6, 6.07) is 0. The van der Waals surface area contributed by atoms with Gasteiger partial charge in [-0.15, -0.1) is 0 Å². The van der Waals surface area contributed by atoms with Crippen molar-refractivity contribution in [2.24, 2.45) is 0 Å². The Morgan fingerprint density at radius 3 is 2.67 bits per heavy atom. The van der Waals surface area contributed by atoms with E-state index in [0.29, 0.717) is 19.8 Å². The van der Waals surface area contributed by atoms with Gasteiger partial charge >= 0.3 is 0 Å². The summed E-state index contributed by atoms with van der Waals surface area (Å²) in [4.78, 5) is 0. The minimum Gasteiger partial charge on any atom is -0.381 e. The molecule has 1 saturated heterocycles. The second kappa shape index (κ2) is 4.16. The van der Waals surface area contributed by atoms with Crippen LogP contribution >= 0.6 is 0 Å². The van der Waals surface area contributed by atoms with E-state index in [9.17, 15) is 9.50 Å². The van der Waals surface area contributed by atoms with Gasteiger partial charge in [0.1, 0.15) is 0 Å². The van der Waals surface area contributed by atoms with Gasteiger partial charge in [-0.1, -0.05) is 0 Å². The van der Waals surface area contributed by atoms with Gasteiger partial charge in [0.25, 0.3) is 0 Å². The van der Waals surface area contributed by atoms with E-state index in [1.54, 1.807) is 6.92 Å². The molecule has 1 heterocycles. The van der Waals surface area contributed by atoms with Gasteiger partial charge in [-0.3, -0.25) is 0 Å². The highest BCUT2D eigenvalue weighted by Crippen LogP contribution is 2.29. The van der Waals surface area contributed by atoms with Crippen LogP contribution in [0.3, 0.4) is 0 Å². The molecule has 12 heavy (non-hydrogen) atoms. The number of aliphatic hydroxyl groups is 1. The van der Waals surface area contributed by atoms with E-state index in [1.807, 2.05) is 0 Å². The maximum atomic E-state index is 13.7. The summed E-state index contributed by atoms with van der Waals surface area (Å²) in [6.45, 7) is 2.78. The van der Waals surface area contributed by atoms with Crippen LogP contribution in [0.1, 0.15) is 19.8 Å². The maximum absolute atomic E-state index is 13.7. The van der Waals surface area contributed by atoms with E-state index in [1.165, 1.54) is 0 Å². The summed E-state index contributed by atoms with van der Waals surface area (Å²) >= 11 is 0. The van der Waals surface area contributed by atoms with Crippen LogP contribution in [-0.2, 0) is 9.47 Å². The molecule has 1 rings (SSSR count). The molecule has 3 nitrogen and oxygen atoms in total. The highest BCUT2D eigenvalue weighted by Gasteiger charge is 2.40. The first-order valence-corrected chi connectivity index (χ1v) is 4.25. The molecule has 0 aliphatic carbocycles. The fourth-order valence-electron chi connectivity index (χ4n) is 1.26. The van der Waals surface area contributed by atoms with E-state index in [0.717, 1.165) is 0 Å². The Labute approximate surface area is 71.5 Å². The molecule has 4 heteroatoms. The third-order valence-corrected chi connectivity index (χ3v) is 2.09. The Morgan fingerprint density at radius 1 is 1.58 bits per heavy atom. The molecular weight excluding hydrogens is 163 g/mol. The van der Waals surface area contributed by atoms with Crippen molar-refractivity contribution >= 4 is 0 Å². The molecule has 0 saturated carbocycles. The van der Waals surface area contributed by atoms with Crippen molar-refractivity contribution in [2.45, 2.75) is 31.7 Å². The van der Waals surface area contributed by atoms with Crippen LogP contribution in [-0.4, -0.2) is 36.9 Å². The van der Waals surface area contributed by atoms with E-state index in [-0.39, 0.29) is 12.8 Å². The van der Waals surface area contributed by atoms with Crippen LogP contribution in [0.15, 0.2) is 0 Å². The number of halogens is 1. The first-order valence-electron chi connectivity index (χ1n) is 4.25. The van der Waals surface area contributed by atoms with Crippen LogP contribution in [0, 0.1) is 0 Å².